The molecule has 21 heavy (non-hydrogen) atoms. The van der Waals surface area contributed by atoms with Crippen molar-refractivity contribution in [1.82, 2.24) is 24.3 Å². The number of hydrogen-bond donors (Lipinski definition) is 1. The molecule has 2 rings (SSSR count). The zero-order valence-corrected chi connectivity index (χ0v) is 13.6. The van der Waals surface area contributed by atoms with Crippen LogP contribution in [0.3, 0.4) is 0 Å². The minimum atomic E-state index is -3.41. The molecule has 0 aliphatic carbocycles. The molecule has 8 heteroatoms. The van der Waals surface area contributed by atoms with E-state index in [-0.39, 0.29) is 0 Å². The van der Waals surface area contributed by atoms with Gasteiger partial charge in [0.05, 0.1) is 6.20 Å². The second kappa shape index (κ2) is 7.35. The smallest absolute Gasteiger partial charge is 0.246 e. The van der Waals surface area contributed by atoms with Crippen LogP contribution in [0.15, 0.2) is 17.3 Å². The molecule has 0 atom stereocenters. The van der Waals surface area contributed by atoms with Gasteiger partial charge in [-0.1, -0.05) is 0 Å². The lowest BCUT2D eigenvalue weighted by Gasteiger charge is -2.19. The summed E-state index contributed by atoms with van der Waals surface area (Å²) in [6.07, 6.45) is 4.89. The van der Waals surface area contributed by atoms with Gasteiger partial charge in [-0.25, -0.2) is 8.42 Å². The lowest BCUT2D eigenvalue weighted by molar-refractivity contribution is 0.347. The highest BCUT2D eigenvalue weighted by atomic mass is 32.2. The lowest BCUT2D eigenvalue weighted by atomic mass is 10.4. The third kappa shape index (κ3) is 4.26. The second-order valence-electron chi connectivity index (χ2n) is 5.46. The molecule has 1 aromatic heterocycles. The maximum absolute atomic E-state index is 12.6. The van der Waals surface area contributed by atoms with Gasteiger partial charge in [0.2, 0.25) is 10.0 Å². The molecule has 1 fully saturated rings. The number of likely N-dealkylation sites (N-methyl/N-ethyl adjacent to an activating group) is 1. The molecule has 0 spiro atoms. The molecule has 0 amide bonds. The van der Waals surface area contributed by atoms with Gasteiger partial charge in [-0.15, -0.1) is 0 Å². The molecule has 1 aromatic rings. The minimum absolute atomic E-state index is 0.302. The van der Waals surface area contributed by atoms with Crippen molar-refractivity contribution in [2.24, 2.45) is 0 Å². The van der Waals surface area contributed by atoms with Crippen molar-refractivity contribution >= 4 is 10.0 Å². The first kappa shape index (κ1) is 16.4. The van der Waals surface area contributed by atoms with Gasteiger partial charge in [-0.05, 0) is 40.0 Å². The molecule has 2 heterocycles. The molecule has 7 nitrogen and oxygen atoms in total. The molecule has 0 saturated carbocycles. The van der Waals surface area contributed by atoms with Crippen molar-refractivity contribution in [1.29, 1.82) is 0 Å². The summed E-state index contributed by atoms with van der Waals surface area (Å²) in [5.74, 6) is 0. The summed E-state index contributed by atoms with van der Waals surface area (Å²) >= 11 is 0. The van der Waals surface area contributed by atoms with Crippen LogP contribution in [-0.2, 0) is 16.6 Å². The Kier molecular flexibility index (Phi) is 5.74. The van der Waals surface area contributed by atoms with Gasteiger partial charge in [0.15, 0.2) is 0 Å². The molecule has 0 bridgehead atoms. The molecule has 1 aliphatic rings. The third-order valence-electron chi connectivity index (χ3n) is 3.74. The normalized spacial score (nSPS) is 18.8. The third-order valence-corrected chi connectivity index (χ3v) is 5.59. The van der Waals surface area contributed by atoms with Crippen LogP contribution < -0.4 is 5.32 Å². The first-order chi connectivity index (χ1) is 10.0. The van der Waals surface area contributed by atoms with Gasteiger partial charge in [0.1, 0.15) is 4.90 Å². The van der Waals surface area contributed by atoms with E-state index in [0.717, 1.165) is 39.0 Å². The predicted molar refractivity (Wildman–Crippen MR) is 81.6 cm³/mol. The van der Waals surface area contributed by atoms with Crippen LogP contribution in [0.25, 0.3) is 0 Å². The molecule has 0 unspecified atom stereocenters. The molecular weight excluding hydrogens is 290 g/mol. The van der Waals surface area contributed by atoms with Gasteiger partial charge in [0, 0.05) is 32.4 Å². The number of aryl methyl sites for hydroxylation is 1. The van der Waals surface area contributed by atoms with E-state index >= 15 is 0 Å². The summed E-state index contributed by atoms with van der Waals surface area (Å²) in [7, 11) is 0.511. The average Bonchev–Trinajstić information content (AvgIpc) is 2.81. The Morgan fingerprint density at radius 2 is 2.10 bits per heavy atom. The number of nitrogens with zero attached hydrogens (tertiary/aromatic N) is 4. The second-order valence-corrected chi connectivity index (χ2v) is 7.40. The van der Waals surface area contributed by atoms with E-state index in [4.69, 9.17) is 0 Å². The zero-order chi connectivity index (χ0) is 15.3. The van der Waals surface area contributed by atoms with Crippen LogP contribution >= 0.6 is 0 Å². The molecule has 1 N–H and O–H groups in total. The molecule has 1 saturated heterocycles. The topological polar surface area (TPSA) is 70.5 Å². The Balaban J connectivity index is 2.05. The summed E-state index contributed by atoms with van der Waals surface area (Å²) in [5, 5.41) is 7.23. The standard InChI is InChI=1S/C13H25N5O2S/c1-14-5-3-7-17-12-13(11-15-17)21(19,20)18-8-4-6-16(2)9-10-18/h11-12,14H,3-10H2,1-2H3. The van der Waals surface area contributed by atoms with Gasteiger partial charge in [-0.2, -0.15) is 9.40 Å². The SMILES string of the molecule is CNCCCn1cc(S(=O)(=O)N2CCCN(C)CC2)cn1. The summed E-state index contributed by atoms with van der Waals surface area (Å²) < 4.78 is 28.5. The molecule has 0 aromatic carbocycles. The monoisotopic (exact) mass is 315 g/mol. The van der Waals surface area contributed by atoms with Crippen molar-refractivity contribution in [2.75, 3.05) is 46.8 Å². The van der Waals surface area contributed by atoms with Crippen molar-refractivity contribution in [2.45, 2.75) is 24.3 Å². The molecule has 1 aliphatic heterocycles. The average molecular weight is 315 g/mol. The molecule has 120 valence electrons. The summed E-state index contributed by atoms with van der Waals surface area (Å²) in [6, 6.07) is 0. The Hall–Kier alpha value is -0.960. The summed E-state index contributed by atoms with van der Waals surface area (Å²) in [5.41, 5.74) is 0. The van der Waals surface area contributed by atoms with Gasteiger partial charge in [-0.3, -0.25) is 4.68 Å². The highest BCUT2D eigenvalue weighted by molar-refractivity contribution is 7.89. The fourth-order valence-corrected chi connectivity index (χ4v) is 3.86. The van der Waals surface area contributed by atoms with E-state index in [9.17, 15) is 8.42 Å². The van der Waals surface area contributed by atoms with E-state index in [1.807, 2.05) is 14.1 Å². The highest BCUT2D eigenvalue weighted by Crippen LogP contribution is 2.16. The van der Waals surface area contributed by atoms with Gasteiger partial charge in [0.25, 0.3) is 0 Å². The fraction of sp³-hybridized carbons (Fsp3) is 0.769. The zero-order valence-electron chi connectivity index (χ0n) is 12.8. The van der Waals surface area contributed by atoms with Crippen LogP contribution in [0.1, 0.15) is 12.8 Å². The quantitative estimate of drug-likeness (QED) is 0.738. The maximum atomic E-state index is 12.6. The first-order valence-electron chi connectivity index (χ1n) is 7.40. The van der Waals surface area contributed by atoms with Crippen LogP contribution in [0.4, 0.5) is 0 Å². The first-order valence-corrected chi connectivity index (χ1v) is 8.84. The van der Waals surface area contributed by atoms with E-state index in [0.29, 0.717) is 18.0 Å². The lowest BCUT2D eigenvalue weighted by Crippen LogP contribution is -2.34. The van der Waals surface area contributed by atoms with E-state index in [1.165, 1.54) is 6.20 Å². The van der Waals surface area contributed by atoms with Crippen molar-refractivity contribution < 1.29 is 8.42 Å². The van der Waals surface area contributed by atoms with Gasteiger partial charge >= 0.3 is 0 Å². The summed E-state index contributed by atoms with van der Waals surface area (Å²) in [6.45, 7) is 4.45. The predicted octanol–water partition coefficient (Wildman–Crippen LogP) is -0.181. The number of nitrogens with one attached hydrogen (secondary N) is 1. The molecular formula is C13H25N5O2S. The van der Waals surface area contributed by atoms with Crippen LogP contribution in [0, 0.1) is 0 Å². The van der Waals surface area contributed by atoms with Crippen LogP contribution in [0.5, 0.6) is 0 Å². The summed E-state index contributed by atoms with van der Waals surface area (Å²) in [4.78, 5) is 2.47. The van der Waals surface area contributed by atoms with Crippen molar-refractivity contribution in [3.63, 3.8) is 0 Å². The Morgan fingerprint density at radius 3 is 2.86 bits per heavy atom. The van der Waals surface area contributed by atoms with Crippen molar-refractivity contribution in [3.8, 4) is 0 Å². The largest absolute Gasteiger partial charge is 0.320 e. The number of aromatic nitrogens is 2. The number of rotatable bonds is 6. The highest BCUT2D eigenvalue weighted by Gasteiger charge is 2.27. The Morgan fingerprint density at radius 1 is 1.29 bits per heavy atom. The van der Waals surface area contributed by atoms with E-state index < -0.39 is 10.0 Å². The van der Waals surface area contributed by atoms with E-state index in [1.54, 1.807) is 15.2 Å². The van der Waals surface area contributed by atoms with Crippen molar-refractivity contribution in [3.05, 3.63) is 12.4 Å². The Bertz CT molecular complexity index is 543. The van der Waals surface area contributed by atoms with Crippen LogP contribution in [-0.4, -0.2) is 74.2 Å². The van der Waals surface area contributed by atoms with Gasteiger partial charge < -0.3 is 10.2 Å². The number of sulfonamides is 1. The minimum Gasteiger partial charge on any atom is -0.320 e. The molecule has 0 radical (unpaired) electrons. The maximum Gasteiger partial charge on any atom is 0.246 e. The Labute approximate surface area is 127 Å². The number of hydrogen-bond acceptors (Lipinski definition) is 5. The van der Waals surface area contributed by atoms with E-state index in [2.05, 4.69) is 15.3 Å². The fourth-order valence-electron chi connectivity index (χ4n) is 2.43. The van der Waals surface area contributed by atoms with Crippen LogP contribution in [0.2, 0.25) is 0 Å².